The van der Waals surface area contributed by atoms with E-state index in [0.717, 1.165) is 12.8 Å². The highest BCUT2D eigenvalue weighted by Gasteiger charge is 2.19. The van der Waals surface area contributed by atoms with Crippen molar-refractivity contribution in [3.8, 4) is 0 Å². The Hall–Kier alpha value is 0.150. The summed E-state index contributed by atoms with van der Waals surface area (Å²) in [6.07, 6.45) is 1.40. The summed E-state index contributed by atoms with van der Waals surface area (Å²) in [4.78, 5) is 9.21. The van der Waals surface area contributed by atoms with Crippen molar-refractivity contribution in [3.05, 3.63) is 0 Å². The van der Waals surface area contributed by atoms with Gasteiger partial charge in [-0.1, -0.05) is 13.3 Å². The van der Waals surface area contributed by atoms with Crippen LogP contribution >= 0.6 is 7.37 Å². The number of hydrogen-bond donors (Lipinski definition) is 2. The normalized spacial score (nSPS) is 19.3. The molecule has 68 valence electrons. The lowest BCUT2D eigenvalue weighted by molar-refractivity contribution is 0.214. The van der Waals surface area contributed by atoms with Crippen molar-refractivity contribution < 1.29 is 14.6 Å². The molecular weight excluding hydrogens is 163 g/mol. The van der Waals surface area contributed by atoms with Gasteiger partial charge < -0.3 is 10.00 Å². The van der Waals surface area contributed by atoms with E-state index in [1.54, 1.807) is 0 Å². The predicted molar refractivity (Wildman–Crippen MR) is 46.1 cm³/mol. The van der Waals surface area contributed by atoms with E-state index in [9.17, 15) is 9.46 Å². The third kappa shape index (κ3) is 6.54. The van der Waals surface area contributed by atoms with Gasteiger partial charge in [0.25, 0.3) is 0 Å². The van der Waals surface area contributed by atoms with Gasteiger partial charge in [-0.15, -0.1) is 0 Å². The van der Waals surface area contributed by atoms with Crippen LogP contribution in [0, 0.1) is 0 Å². The zero-order valence-electron chi connectivity index (χ0n) is 7.16. The van der Waals surface area contributed by atoms with E-state index in [1.165, 1.54) is 6.92 Å². The van der Waals surface area contributed by atoms with Gasteiger partial charge in [-0.05, 0) is 13.3 Å². The van der Waals surface area contributed by atoms with Gasteiger partial charge in [-0.25, -0.2) is 0 Å². The highest BCUT2D eigenvalue weighted by molar-refractivity contribution is 7.58. The van der Waals surface area contributed by atoms with Crippen LogP contribution in [0.5, 0.6) is 0 Å². The van der Waals surface area contributed by atoms with Gasteiger partial charge in [-0.3, -0.25) is 4.57 Å². The Labute approximate surface area is 67.9 Å². The molecule has 0 amide bonds. The summed E-state index contributed by atoms with van der Waals surface area (Å²) >= 11 is 0. The van der Waals surface area contributed by atoms with E-state index < -0.39 is 13.5 Å². The van der Waals surface area contributed by atoms with Crippen molar-refractivity contribution in [2.75, 3.05) is 12.3 Å². The van der Waals surface area contributed by atoms with Gasteiger partial charge in [0, 0.05) is 6.16 Å². The SMILES string of the molecule is CCCCP(=O)(O)CC(C)O. The summed E-state index contributed by atoms with van der Waals surface area (Å²) in [5, 5.41) is 8.86. The van der Waals surface area contributed by atoms with Gasteiger partial charge >= 0.3 is 0 Å². The molecule has 0 saturated heterocycles. The maximum absolute atomic E-state index is 11.2. The molecule has 0 aromatic rings. The fourth-order valence-corrected chi connectivity index (χ4v) is 2.73. The molecule has 0 radical (unpaired) electrons. The molecule has 0 aromatic heterocycles. The van der Waals surface area contributed by atoms with Crippen LogP contribution in [-0.2, 0) is 4.57 Å². The monoisotopic (exact) mass is 180 g/mol. The first-order valence-electron chi connectivity index (χ1n) is 3.97. The average Bonchev–Trinajstić information content (AvgIpc) is 1.81. The molecule has 0 aliphatic carbocycles. The maximum atomic E-state index is 11.2. The minimum Gasteiger partial charge on any atom is -0.393 e. The van der Waals surface area contributed by atoms with E-state index in [2.05, 4.69) is 0 Å². The molecule has 0 aromatic carbocycles. The number of rotatable bonds is 5. The zero-order chi connectivity index (χ0) is 8.91. The summed E-state index contributed by atoms with van der Waals surface area (Å²) in [5.41, 5.74) is 0. The first kappa shape index (κ1) is 11.2. The van der Waals surface area contributed by atoms with E-state index in [-0.39, 0.29) is 6.16 Å². The van der Waals surface area contributed by atoms with Crippen molar-refractivity contribution in [2.45, 2.75) is 32.8 Å². The van der Waals surface area contributed by atoms with E-state index >= 15 is 0 Å². The summed E-state index contributed by atoms with van der Waals surface area (Å²) in [6, 6.07) is 0. The third-order valence-corrected chi connectivity index (χ3v) is 3.52. The summed E-state index contributed by atoms with van der Waals surface area (Å²) in [5.74, 6) is 0. The molecule has 2 N–H and O–H groups in total. The van der Waals surface area contributed by atoms with Gasteiger partial charge in [0.1, 0.15) is 0 Å². The summed E-state index contributed by atoms with van der Waals surface area (Å²) in [6.45, 7) is 3.51. The Kier molecular flexibility index (Phi) is 4.98. The Balaban J connectivity index is 3.71. The molecule has 4 heteroatoms. The quantitative estimate of drug-likeness (QED) is 0.629. The molecule has 0 spiro atoms. The van der Waals surface area contributed by atoms with Crippen LogP contribution in [0.2, 0.25) is 0 Å². The first-order chi connectivity index (χ1) is 4.98. The standard InChI is InChI=1S/C7H17O3P/c1-3-4-5-11(9,10)6-7(2)8/h7-8H,3-6H2,1-2H3,(H,9,10). The predicted octanol–water partition coefficient (Wildman–Crippen LogP) is 1.44. The molecule has 0 saturated carbocycles. The minimum absolute atomic E-state index is 0.0347. The van der Waals surface area contributed by atoms with Crippen molar-refractivity contribution in [3.63, 3.8) is 0 Å². The lowest BCUT2D eigenvalue weighted by Gasteiger charge is -2.11. The van der Waals surface area contributed by atoms with Crippen molar-refractivity contribution in [1.29, 1.82) is 0 Å². The molecule has 0 aliphatic heterocycles. The Morgan fingerprint density at radius 1 is 1.55 bits per heavy atom. The Morgan fingerprint density at radius 2 is 2.09 bits per heavy atom. The fourth-order valence-electron chi connectivity index (χ4n) is 0.909. The van der Waals surface area contributed by atoms with Crippen molar-refractivity contribution >= 4 is 7.37 Å². The Morgan fingerprint density at radius 3 is 2.45 bits per heavy atom. The third-order valence-electron chi connectivity index (χ3n) is 1.41. The molecule has 3 nitrogen and oxygen atoms in total. The number of aliphatic hydroxyl groups is 1. The maximum Gasteiger partial charge on any atom is 0.203 e. The minimum atomic E-state index is -3.02. The van der Waals surface area contributed by atoms with Crippen molar-refractivity contribution in [2.24, 2.45) is 0 Å². The molecular formula is C7H17O3P. The number of unbranched alkanes of at least 4 members (excludes halogenated alkanes) is 1. The van der Waals surface area contributed by atoms with E-state index in [4.69, 9.17) is 5.11 Å². The zero-order valence-corrected chi connectivity index (χ0v) is 8.05. The molecule has 2 atom stereocenters. The highest BCUT2D eigenvalue weighted by Crippen LogP contribution is 2.41. The Bertz CT molecular complexity index is 145. The first-order valence-corrected chi connectivity index (χ1v) is 6.00. The van der Waals surface area contributed by atoms with Gasteiger partial charge in [-0.2, -0.15) is 0 Å². The van der Waals surface area contributed by atoms with E-state index in [1.807, 2.05) is 6.92 Å². The molecule has 0 aliphatic rings. The highest BCUT2D eigenvalue weighted by atomic mass is 31.2. The summed E-state index contributed by atoms with van der Waals surface area (Å²) < 4.78 is 11.2. The fraction of sp³-hybridized carbons (Fsp3) is 1.00. The molecule has 0 heterocycles. The van der Waals surface area contributed by atoms with Gasteiger partial charge in [0.2, 0.25) is 7.37 Å². The van der Waals surface area contributed by atoms with E-state index in [0.29, 0.717) is 6.16 Å². The van der Waals surface area contributed by atoms with Crippen molar-refractivity contribution in [1.82, 2.24) is 0 Å². The topological polar surface area (TPSA) is 57.5 Å². The largest absolute Gasteiger partial charge is 0.393 e. The van der Waals surface area contributed by atoms with Crippen LogP contribution in [-0.4, -0.2) is 28.4 Å². The second-order valence-electron chi connectivity index (χ2n) is 2.96. The smallest absolute Gasteiger partial charge is 0.203 e. The number of hydrogen-bond acceptors (Lipinski definition) is 2. The lowest BCUT2D eigenvalue weighted by Crippen LogP contribution is -2.08. The van der Waals surface area contributed by atoms with Crippen LogP contribution in [0.25, 0.3) is 0 Å². The molecule has 11 heavy (non-hydrogen) atoms. The van der Waals surface area contributed by atoms with Gasteiger partial charge in [0.05, 0.1) is 12.3 Å². The van der Waals surface area contributed by atoms with Crippen LogP contribution in [0.4, 0.5) is 0 Å². The molecule has 0 fully saturated rings. The second kappa shape index (κ2) is 4.91. The molecule has 0 rings (SSSR count). The van der Waals surface area contributed by atoms with Crippen LogP contribution in [0.15, 0.2) is 0 Å². The van der Waals surface area contributed by atoms with Crippen LogP contribution in [0.3, 0.4) is 0 Å². The average molecular weight is 180 g/mol. The van der Waals surface area contributed by atoms with Crippen LogP contribution in [0.1, 0.15) is 26.7 Å². The molecule has 0 bridgehead atoms. The molecule has 2 unspecified atom stereocenters. The second-order valence-corrected chi connectivity index (χ2v) is 5.46. The van der Waals surface area contributed by atoms with Crippen LogP contribution < -0.4 is 0 Å². The number of aliphatic hydroxyl groups excluding tert-OH is 1. The lowest BCUT2D eigenvalue weighted by atomic mass is 10.4. The summed E-state index contributed by atoms with van der Waals surface area (Å²) in [7, 11) is -3.02. The van der Waals surface area contributed by atoms with Gasteiger partial charge in [0.15, 0.2) is 0 Å².